The van der Waals surface area contributed by atoms with Crippen LogP contribution < -0.4 is 9.90 Å². The zero-order chi connectivity index (χ0) is 24.4. The summed E-state index contributed by atoms with van der Waals surface area (Å²) in [7, 11) is 0. The summed E-state index contributed by atoms with van der Waals surface area (Å²) in [5.74, 6) is -0.0908. The van der Waals surface area contributed by atoms with Crippen molar-refractivity contribution in [3.05, 3.63) is 51.0 Å². The van der Waals surface area contributed by atoms with E-state index in [2.05, 4.69) is 47.6 Å². The quantitative estimate of drug-likeness (QED) is 0.390. The highest BCUT2D eigenvalue weighted by Crippen LogP contribution is 2.43. The van der Waals surface area contributed by atoms with E-state index in [1.54, 1.807) is 0 Å². The molecule has 2 aromatic carbocycles. The van der Waals surface area contributed by atoms with Crippen molar-refractivity contribution >= 4 is 34.8 Å². The van der Waals surface area contributed by atoms with E-state index in [-0.39, 0.29) is 27.3 Å². The number of carbonyl (C=O) groups excluding carboxylic acids is 1. The molecule has 0 spiro atoms. The van der Waals surface area contributed by atoms with Crippen molar-refractivity contribution in [2.45, 2.75) is 85.5 Å². The molecule has 1 amide bonds. The van der Waals surface area contributed by atoms with E-state index in [4.69, 9.17) is 28.0 Å². The van der Waals surface area contributed by atoms with Crippen LogP contribution in [0.25, 0.3) is 0 Å². The Morgan fingerprint density at radius 2 is 1.62 bits per heavy atom. The van der Waals surface area contributed by atoms with Gasteiger partial charge in [-0.15, -0.1) is 5.06 Å². The topological polar surface area (TPSA) is 49.8 Å². The SMILES string of the molecule is CCc1c(Cl)cc(N(Oc2ccc(C(C)(C)CC)cc2C(C)(C)CC)C(C)=O)c(O)c1Cl. The van der Waals surface area contributed by atoms with Gasteiger partial charge in [-0.2, -0.15) is 0 Å². The third-order valence-corrected chi connectivity index (χ3v) is 7.32. The molecule has 0 aliphatic heterocycles. The number of phenolic OH excluding ortho intramolecular Hbond substituents is 1. The van der Waals surface area contributed by atoms with Crippen LogP contribution in [0, 0.1) is 0 Å². The summed E-state index contributed by atoms with van der Waals surface area (Å²) in [4.78, 5) is 18.7. The minimum atomic E-state index is -0.407. The molecule has 4 nitrogen and oxygen atoms in total. The molecule has 2 aromatic rings. The molecule has 0 aliphatic carbocycles. The summed E-state index contributed by atoms with van der Waals surface area (Å²) in [5.41, 5.74) is 2.75. The third kappa shape index (κ3) is 5.18. The molecule has 2 rings (SSSR count). The van der Waals surface area contributed by atoms with Gasteiger partial charge in [-0.3, -0.25) is 4.79 Å². The summed E-state index contributed by atoms with van der Waals surface area (Å²) in [6.07, 6.45) is 2.43. The lowest BCUT2D eigenvalue weighted by atomic mass is 9.76. The second-order valence-electron chi connectivity index (χ2n) is 9.46. The van der Waals surface area contributed by atoms with Crippen LogP contribution in [-0.4, -0.2) is 11.0 Å². The zero-order valence-electron chi connectivity index (χ0n) is 20.4. The molecule has 0 aromatic heterocycles. The zero-order valence-corrected chi connectivity index (χ0v) is 21.9. The number of aromatic hydroxyl groups is 1. The maximum Gasteiger partial charge on any atom is 0.257 e. The highest BCUT2D eigenvalue weighted by molar-refractivity contribution is 6.37. The first-order valence-corrected chi connectivity index (χ1v) is 11.9. The van der Waals surface area contributed by atoms with E-state index in [0.29, 0.717) is 22.8 Å². The molecular formula is C26H35Cl2NO3. The van der Waals surface area contributed by atoms with Crippen molar-refractivity contribution < 1.29 is 14.7 Å². The second kappa shape index (κ2) is 9.93. The van der Waals surface area contributed by atoms with E-state index in [1.807, 2.05) is 19.1 Å². The van der Waals surface area contributed by atoms with Crippen LogP contribution in [0.5, 0.6) is 11.5 Å². The number of halogens is 2. The fraction of sp³-hybridized carbons (Fsp3) is 0.500. The first-order valence-electron chi connectivity index (χ1n) is 11.1. The maximum absolute atomic E-state index is 12.6. The van der Waals surface area contributed by atoms with Gasteiger partial charge < -0.3 is 9.94 Å². The fourth-order valence-corrected chi connectivity index (χ4v) is 4.16. The van der Waals surface area contributed by atoms with Gasteiger partial charge in [0, 0.05) is 17.5 Å². The van der Waals surface area contributed by atoms with Crippen molar-refractivity contribution in [3.8, 4) is 11.5 Å². The van der Waals surface area contributed by atoms with Gasteiger partial charge in [0.15, 0.2) is 11.5 Å². The van der Waals surface area contributed by atoms with Crippen LogP contribution in [0.1, 0.15) is 84.9 Å². The van der Waals surface area contributed by atoms with Crippen molar-refractivity contribution in [2.75, 3.05) is 5.06 Å². The van der Waals surface area contributed by atoms with Gasteiger partial charge >= 0.3 is 0 Å². The summed E-state index contributed by atoms with van der Waals surface area (Å²) >= 11 is 12.7. The minimum absolute atomic E-state index is 0.00661. The van der Waals surface area contributed by atoms with E-state index in [1.165, 1.54) is 18.6 Å². The summed E-state index contributed by atoms with van der Waals surface area (Å²) in [6.45, 7) is 16.3. The molecule has 0 atom stereocenters. The number of phenols is 1. The monoisotopic (exact) mass is 479 g/mol. The Morgan fingerprint density at radius 3 is 2.12 bits per heavy atom. The summed E-state index contributed by atoms with van der Waals surface area (Å²) in [5, 5.41) is 12.3. The molecule has 1 N–H and O–H groups in total. The Morgan fingerprint density at radius 1 is 1.03 bits per heavy atom. The number of nitrogens with zero attached hydrogens (tertiary/aromatic N) is 1. The molecule has 32 heavy (non-hydrogen) atoms. The first-order chi connectivity index (χ1) is 14.8. The molecule has 0 fully saturated rings. The Hall–Kier alpha value is -1.91. The maximum atomic E-state index is 12.6. The van der Waals surface area contributed by atoms with Crippen molar-refractivity contribution in [1.29, 1.82) is 0 Å². The molecule has 6 heteroatoms. The summed E-state index contributed by atoms with van der Waals surface area (Å²) < 4.78 is 0. The standard InChI is InChI=1S/C26H35Cl2NO3/c1-9-18-20(27)15-21(24(31)23(18)28)29(16(4)30)32-22-13-12-17(25(5,6)10-2)14-19(22)26(7,8)11-3/h12-15,31H,9-11H2,1-8H3. The highest BCUT2D eigenvalue weighted by Gasteiger charge is 2.30. The molecule has 0 saturated carbocycles. The van der Waals surface area contributed by atoms with Gasteiger partial charge in [0.1, 0.15) is 5.69 Å². The predicted molar refractivity (Wildman–Crippen MR) is 134 cm³/mol. The minimum Gasteiger partial charge on any atom is -0.504 e. The third-order valence-electron chi connectivity index (χ3n) is 6.57. The van der Waals surface area contributed by atoms with E-state index in [9.17, 15) is 9.90 Å². The molecule has 0 bridgehead atoms. The van der Waals surface area contributed by atoms with Gasteiger partial charge in [0.25, 0.3) is 5.91 Å². The van der Waals surface area contributed by atoms with Gasteiger partial charge in [-0.1, -0.05) is 83.8 Å². The Kier molecular flexibility index (Phi) is 8.17. The molecule has 176 valence electrons. The van der Waals surface area contributed by atoms with Crippen LogP contribution >= 0.6 is 23.2 Å². The number of rotatable bonds is 8. The predicted octanol–water partition coefficient (Wildman–Crippen LogP) is 7.98. The number of anilines is 1. The second-order valence-corrected chi connectivity index (χ2v) is 10.2. The highest BCUT2D eigenvalue weighted by atomic mass is 35.5. The van der Waals surface area contributed by atoms with Crippen LogP contribution in [0.3, 0.4) is 0 Å². The normalized spacial score (nSPS) is 12.1. The Labute approximate surface area is 202 Å². The van der Waals surface area contributed by atoms with Crippen molar-refractivity contribution in [1.82, 2.24) is 0 Å². The number of hydrogen-bond acceptors (Lipinski definition) is 3. The smallest absolute Gasteiger partial charge is 0.257 e. The first kappa shape index (κ1) is 26.3. The van der Waals surface area contributed by atoms with E-state index in [0.717, 1.165) is 23.5 Å². The molecule has 0 heterocycles. The number of amides is 1. The lowest BCUT2D eigenvalue weighted by Gasteiger charge is -2.32. The van der Waals surface area contributed by atoms with Crippen LogP contribution in [0.4, 0.5) is 5.69 Å². The van der Waals surface area contributed by atoms with Crippen LogP contribution in [0.2, 0.25) is 10.0 Å². The number of carbonyl (C=O) groups is 1. The molecule has 0 unspecified atom stereocenters. The Balaban J connectivity index is 2.66. The van der Waals surface area contributed by atoms with Gasteiger partial charge in [-0.25, -0.2) is 0 Å². The van der Waals surface area contributed by atoms with Gasteiger partial charge in [-0.05, 0) is 53.4 Å². The van der Waals surface area contributed by atoms with E-state index >= 15 is 0 Å². The lowest BCUT2D eigenvalue weighted by Crippen LogP contribution is -2.33. The number of hydroxylamine groups is 1. The van der Waals surface area contributed by atoms with Crippen LogP contribution in [-0.2, 0) is 22.0 Å². The largest absolute Gasteiger partial charge is 0.504 e. The number of hydrogen-bond donors (Lipinski definition) is 1. The van der Waals surface area contributed by atoms with Gasteiger partial charge in [0.05, 0.1) is 5.02 Å². The average Bonchev–Trinajstić information content (AvgIpc) is 2.74. The number of benzene rings is 2. The van der Waals surface area contributed by atoms with Crippen molar-refractivity contribution in [2.24, 2.45) is 0 Å². The molecular weight excluding hydrogens is 445 g/mol. The Bertz CT molecular complexity index is 999. The van der Waals surface area contributed by atoms with Crippen LogP contribution in [0.15, 0.2) is 24.3 Å². The average molecular weight is 480 g/mol. The molecule has 0 saturated heterocycles. The lowest BCUT2D eigenvalue weighted by molar-refractivity contribution is -0.120. The summed E-state index contributed by atoms with van der Waals surface area (Å²) in [6, 6.07) is 7.62. The van der Waals surface area contributed by atoms with Gasteiger partial charge in [0.2, 0.25) is 0 Å². The van der Waals surface area contributed by atoms with E-state index < -0.39 is 5.91 Å². The molecule has 0 radical (unpaired) electrons. The van der Waals surface area contributed by atoms with Crippen molar-refractivity contribution in [3.63, 3.8) is 0 Å². The fourth-order valence-electron chi connectivity index (χ4n) is 3.45. The molecule has 0 aliphatic rings.